The van der Waals surface area contributed by atoms with Crippen LogP contribution in [0.2, 0.25) is 0 Å². The first kappa shape index (κ1) is 19.7. The van der Waals surface area contributed by atoms with E-state index in [2.05, 4.69) is 5.32 Å². The van der Waals surface area contributed by atoms with Gasteiger partial charge >= 0.3 is 0 Å². The van der Waals surface area contributed by atoms with Crippen LogP contribution in [0.4, 0.5) is 20.2 Å². The lowest BCUT2D eigenvalue weighted by molar-refractivity contribution is 0.102. The van der Waals surface area contributed by atoms with E-state index >= 15 is 0 Å². The van der Waals surface area contributed by atoms with Gasteiger partial charge in [-0.2, -0.15) is 0 Å². The number of carbonyl (C=O) groups is 1. The van der Waals surface area contributed by atoms with E-state index in [1.807, 2.05) is 0 Å². The van der Waals surface area contributed by atoms with E-state index in [0.717, 1.165) is 25.0 Å². The van der Waals surface area contributed by atoms with E-state index in [0.29, 0.717) is 18.8 Å². The monoisotopic (exact) mass is 392 g/mol. The number of anilines is 2. The zero-order chi connectivity index (χ0) is 20.3. The van der Waals surface area contributed by atoms with Gasteiger partial charge in [0.25, 0.3) is 5.91 Å². The molecule has 0 unspecified atom stereocenters. The molecule has 1 fully saturated rings. The number of nitrogens with zero attached hydrogens (tertiary/aromatic N) is 1. The third kappa shape index (κ3) is 3.67. The maximum Gasteiger partial charge on any atom is 0.259 e. The number of methoxy groups -OCH3 is 3. The average Bonchev–Trinajstić information content (AvgIpc) is 3.20. The van der Waals surface area contributed by atoms with Crippen LogP contribution in [0.25, 0.3) is 0 Å². The third-order valence-electron chi connectivity index (χ3n) is 4.65. The van der Waals surface area contributed by atoms with Gasteiger partial charge in [-0.3, -0.25) is 4.79 Å². The lowest BCUT2D eigenvalue weighted by atomic mass is 10.1. The molecule has 0 atom stereocenters. The molecule has 1 heterocycles. The third-order valence-corrected chi connectivity index (χ3v) is 4.65. The van der Waals surface area contributed by atoms with Gasteiger partial charge < -0.3 is 24.4 Å². The zero-order valence-electron chi connectivity index (χ0n) is 16.0. The largest absolute Gasteiger partial charge is 0.493 e. The predicted molar refractivity (Wildman–Crippen MR) is 102 cm³/mol. The van der Waals surface area contributed by atoms with Gasteiger partial charge in [0.05, 0.1) is 26.9 Å². The normalized spacial score (nSPS) is 13.4. The minimum absolute atomic E-state index is 0.0137. The number of ether oxygens (including phenoxy) is 3. The maximum atomic E-state index is 14.5. The van der Waals surface area contributed by atoms with E-state index < -0.39 is 17.5 Å². The van der Waals surface area contributed by atoms with Crippen molar-refractivity contribution in [3.63, 3.8) is 0 Å². The first-order valence-corrected chi connectivity index (χ1v) is 8.84. The zero-order valence-corrected chi connectivity index (χ0v) is 16.0. The molecule has 0 spiro atoms. The Morgan fingerprint density at radius 2 is 1.57 bits per heavy atom. The molecule has 2 aromatic carbocycles. The maximum absolute atomic E-state index is 14.5. The van der Waals surface area contributed by atoms with Crippen LogP contribution in [0.1, 0.15) is 23.2 Å². The molecule has 1 amide bonds. The van der Waals surface area contributed by atoms with Crippen molar-refractivity contribution in [2.24, 2.45) is 0 Å². The minimum Gasteiger partial charge on any atom is -0.493 e. The molecular formula is C20H22F2N2O4. The Balaban J connectivity index is 1.89. The summed E-state index contributed by atoms with van der Waals surface area (Å²) in [5, 5.41) is 2.51. The molecule has 1 N–H and O–H groups in total. The van der Waals surface area contributed by atoms with Gasteiger partial charge in [-0.1, -0.05) is 0 Å². The number of hydrogen-bond acceptors (Lipinski definition) is 5. The fourth-order valence-electron chi connectivity index (χ4n) is 3.36. The summed E-state index contributed by atoms with van der Waals surface area (Å²) < 4.78 is 44.7. The van der Waals surface area contributed by atoms with Gasteiger partial charge in [-0.25, -0.2) is 8.78 Å². The molecule has 0 bridgehead atoms. The number of hydrogen-bond donors (Lipinski definition) is 1. The predicted octanol–water partition coefficient (Wildman–Crippen LogP) is 3.84. The Morgan fingerprint density at radius 1 is 0.964 bits per heavy atom. The van der Waals surface area contributed by atoms with Gasteiger partial charge in [-0.05, 0) is 37.1 Å². The second kappa shape index (κ2) is 8.33. The average molecular weight is 392 g/mol. The fraction of sp³-hybridized carbons (Fsp3) is 0.350. The van der Waals surface area contributed by atoms with Crippen molar-refractivity contribution >= 4 is 17.3 Å². The van der Waals surface area contributed by atoms with E-state index in [1.165, 1.54) is 27.4 Å². The molecule has 28 heavy (non-hydrogen) atoms. The summed E-state index contributed by atoms with van der Waals surface area (Å²) in [7, 11) is 4.27. The van der Waals surface area contributed by atoms with Crippen molar-refractivity contribution in [2.75, 3.05) is 44.6 Å². The lowest BCUT2D eigenvalue weighted by Crippen LogP contribution is -2.21. The van der Waals surface area contributed by atoms with Gasteiger partial charge in [-0.15, -0.1) is 0 Å². The molecule has 1 saturated heterocycles. The summed E-state index contributed by atoms with van der Waals surface area (Å²) >= 11 is 0. The van der Waals surface area contributed by atoms with E-state index in [4.69, 9.17) is 14.2 Å². The highest BCUT2D eigenvalue weighted by molar-refractivity contribution is 6.07. The van der Waals surface area contributed by atoms with Gasteiger partial charge in [0.15, 0.2) is 23.1 Å². The van der Waals surface area contributed by atoms with Crippen molar-refractivity contribution in [1.82, 2.24) is 0 Å². The van der Waals surface area contributed by atoms with Crippen LogP contribution in [-0.4, -0.2) is 40.3 Å². The summed E-state index contributed by atoms with van der Waals surface area (Å²) in [4.78, 5) is 14.4. The van der Waals surface area contributed by atoms with Crippen molar-refractivity contribution in [3.05, 3.63) is 41.5 Å². The second-order valence-electron chi connectivity index (χ2n) is 6.32. The van der Waals surface area contributed by atoms with Crippen LogP contribution in [0, 0.1) is 11.6 Å². The molecule has 6 nitrogen and oxygen atoms in total. The Labute approximate surface area is 162 Å². The summed E-state index contributed by atoms with van der Waals surface area (Å²) in [6, 6.07) is 5.26. The van der Waals surface area contributed by atoms with E-state index in [9.17, 15) is 13.6 Å². The highest BCUT2D eigenvalue weighted by Crippen LogP contribution is 2.40. The summed E-state index contributed by atoms with van der Waals surface area (Å²) in [5.41, 5.74) is 0.101. The van der Waals surface area contributed by atoms with Crippen LogP contribution in [-0.2, 0) is 0 Å². The van der Waals surface area contributed by atoms with Gasteiger partial charge in [0, 0.05) is 18.8 Å². The quantitative estimate of drug-likeness (QED) is 0.809. The van der Waals surface area contributed by atoms with Crippen molar-refractivity contribution in [2.45, 2.75) is 12.8 Å². The number of rotatable bonds is 6. The molecule has 150 valence electrons. The number of benzene rings is 2. The summed E-state index contributed by atoms with van der Waals surface area (Å²) in [6.45, 7) is 1.23. The van der Waals surface area contributed by atoms with Crippen LogP contribution in [0.3, 0.4) is 0 Å². The number of nitrogens with one attached hydrogen (secondary N) is 1. The highest BCUT2D eigenvalue weighted by atomic mass is 19.1. The number of carbonyl (C=O) groups excluding carboxylic acids is 1. The molecule has 3 rings (SSSR count). The fourth-order valence-corrected chi connectivity index (χ4v) is 3.36. The number of amides is 1. The van der Waals surface area contributed by atoms with E-state index in [-0.39, 0.29) is 28.4 Å². The van der Waals surface area contributed by atoms with E-state index in [1.54, 1.807) is 11.0 Å². The molecule has 8 heteroatoms. The minimum atomic E-state index is -0.712. The molecule has 1 aliphatic rings. The van der Waals surface area contributed by atoms with Crippen LogP contribution in [0.15, 0.2) is 24.3 Å². The molecule has 0 saturated carbocycles. The number of halogens is 2. The standard InChI is InChI=1S/C20H22F2N2O4/c1-26-16-7-6-13(18(27-2)19(16)28-3)20(25)23-12-10-14(21)17(15(22)11-12)24-8-4-5-9-24/h6-7,10-11H,4-5,8-9H2,1-3H3,(H,23,25). The highest BCUT2D eigenvalue weighted by Gasteiger charge is 2.23. The van der Waals surface area contributed by atoms with Gasteiger partial charge in [0.1, 0.15) is 5.69 Å². The summed E-state index contributed by atoms with van der Waals surface area (Å²) in [5.74, 6) is -1.21. The van der Waals surface area contributed by atoms with Crippen molar-refractivity contribution < 1.29 is 27.8 Å². The van der Waals surface area contributed by atoms with Gasteiger partial charge in [0.2, 0.25) is 5.75 Å². The molecule has 0 aromatic heterocycles. The van der Waals surface area contributed by atoms with Crippen LogP contribution < -0.4 is 24.4 Å². The Kier molecular flexibility index (Phi) is 5.87. The molecule has 0 aliphatic carbocycles. The first-order valence-electron chi connectivity index (χ1n) is 8.84. The van der Waals surface area contributed by atoms with Crippen LogP contribution in [0.5, 0.6) is 17.2 Å². The topological polar surface area (TPSA) is 60.0 Å². The SMILES string of the molecule is COc1ccc(C(=O)Nc2cc(F)c(N3CCCC3)c(F)c2)c(OC)c1OC. The Morgan fingerprint density at radius 3 is 2.11 bits per heavy atom. The Hall–Kier alpha value is -3.03. The molecule has 2 aromatic rings. The smallest absolute Gasteiger partial charge is 0.259 e. The molecular weight excluding hydrogens is 370 g/mol. The Bertz CT molecular complexity index is 860. The van der Waals surface area contributed by atoms with Crippen molar-refractivity contribution in [1.29, 1.82) is 0 Å². The summed E-state index contributed by atoms with van der Waals surface area (Å²) in [6.07, 6.45) is 1.80. The first-order chi connectivity index (χ1) is 13.5. The molecule has 0 radical (unpaired) electrons. The molecule has 1 aliphatic heterocycles. The van der Waals surface area contributed by atoms with Crippen LogP contribution >= 0.6 is 0 Å². The van der Waals surface area contributed by atoms with Crippen molar-refractivity contribution in [3.8, 4) is 17.2 Å². The lowest BCUT2D eigenvalue weighted by Gasteiger charge is -2.20. The second-order valence-corrected chi connectivity index (χ2v) is 6.32.